The van der Waals surface area contributed by atoms with E-state index >= 15 is 0 Å². The number of H-pyrrole nitrogens is 5. The molecule has 0 unspecified atom stereocenters. The van der Waals surface area contributed by atoms with E-state index in [1.165, 1.54) is 50.4 Å². The minimum Gasteiger partial charge on any atom is -0.457 e. The van der Waals surface area contributed by atoms with E-state index in [4.69, 9.17) is 56.3 Å². The van der Waals surface area contributed by atoms with Gasteiger partial charge in [0.05, 0.1) is 87.5 Å². The summed E-state index contributed by atoms with van der Waals surface area (Å²) in [4.78, 5) is 6.84. The van der Waals surface area contributed by atoms with E-state index < -0.39 is 42.0 Å². The molecule has 0 aliphatic carbocycles. The summed E-state index contributed by atoms with van der Waals surface area (Å²) in [5.74, 6) is 1.07. The second-order valence-electron chi connectivity index (χ2n) is 26.7. The van der Waals surface area contributed by atoms with Crippen LogP contribution < -0.4 is 24.6 Å². The molecule has 104 heavy (non-hydrogen) atoms. The summed E-state index contributed by atoms with van der Waals surface area (Å²) in [7, 11) is -6.19. The Morgan fingerprint density at radius 3 is 1.60 bits per heavy atom. The zero-order valence-corrected chi connectivity index (χ0v) is 62.4. The molecule has 0 radical (unpaired) electrons. The number of fused-ring (bicyclic) bond motifs is 6. The molecule has 3 fully saturated rings. The molecule has 0 saturated carbocycles. The zero-order chi connectivity index (χ0) is 73.8. The average Bonchev–Trinajstić information content (AvgIpc) is 1.19. The van der Waals surface area contributed by atoms with Crippen LogP contribution in [0.4, 0.5) is 25.8 Å². The summed E-state index contributed by atoms with van der Waals surface area (Å²) in [6, 6.07) is 24.1. The second kappa shape index (κ2) is 29.2. The van der Waals surface area contributed by atoms with Crippen molar-refractivity contribution in [3.8, 4) is 22.6 Å². The van der Waals surface area contributed by atoms with Gasteiger partial charge in [-0.05, 0) is 111 Å². The summed E-state index contributed by atoms with van der Waals surface area (Å²) in [5.41, 5.74) is 11.1. The van der Waals surface area contributed by atoms with Gasteiger partial charge >= 0.3 is 0 Å². The van der Waals surface area contributed by atoms with Crippen LogP contribution >= 0.6 is 46.4 Å². The third-order valence-corrected chi connectivity index (χ3v) is 23.4. The van der Waals surface area contributed by atoms with Crippen LogP contribution in [0.1, 0.15) is 49.9 Å². The fraction of sp³-hybridized carbons (Fsp3) is 0.309. The SMILES string of the molecule is CC1(C)CN(c2cc(C(F)F)cc3[nH]ncc23)CCN1S(C)(=O)=O.CS(=O)(=O)c1ccc(Oc2cc(Cl)cc3[nH]ncc23)cc1.Cn1cc(-c2cc(Cl)cc3[nH]ncc23)cn1.Cn1ncc2c1CCN(c1cc(Cl)cc3[nH]ncc13)C2.NS(=O)(=O)N1CC2(CCN(c3cc(Cl)cc4[nH]ncc34)CC2)C1. The number of sulfone groups is 1. The number of aryl methyl sites for hydroxylation is 2. The topological polar surface area (TPSA) is 333 Å². The molecule has 27 nitrogen and oxygen atoms in total. The Labute approximate surface area is 616 Å². The molecule has 0 atom stereocenters. The summed E-state index contributed by atoms with van der Waals surface area (Å²) < 4.78 is 108. The maximum absolute atomic E-state index is 13.2. The van der Waals surface area contributed by atoms with Crippen LogP contribution in [0.15, 0.2) is 139 Å². The summed E-state index contributed by atoms with van der Waals surface area (Å²) in [6.07, 6.45) is 17.1. The maximum atomic E-state index is 13.2. The van der Waals surface area contributed by atoms with E-state index in [0.29, 0.717) is 70.5 Å². The molecule has 546 valence electrons. The van der Waals surface area contributed by atoms with Crippen molar-refractivity contribution >= 4 is 148 Å². The number of sulfonamides is 1. The zero-order valence-electron chi connectivity index (χ0n) is 57.0. The average molecular weight is 1560 g/mol. The monoisotopic (exact) mass is 1550 g/mol. The Bertz CT molecular complexity index is 5670. The summed E-state index contributed by atoms with van der Waals surface area (Å²) >= 11 is 24.5. The third-order valence-electron chi connectivity index (χ3n) is 18.9. The van der Waals surface area contributed by atoms with Crippen molar-refractivity contribution in [2.24, 2.45) is 24.6 Å². The van der Waals surface area contributed by atoms with Crippen molar-refractivity contribution in [1.82, 2.24) is 79.2 Å². The molecule has 17 rings (SSSR count). The largest absolute Gasteiger partial charge is 0.457 e. The van der Waals surface area contributed by atoms with Gasteiger partial charge in [-0.2, -0.15) is 52.7 Å². The number of nitrogens with one attached hydrogen (secondary N) is 5. The Morgan fingerprint density at radius 1 is 0.558 bits per heavy atom. The van der Waals surface area contributed by atoms with E-state index in [0.717, 1.165) is 128 Å². The van der Waals surface area contributed by atoms with E-state index in [1.807, 2.05) is 105 Å². The van der Waals surface area contributed by atoms with Crippen molar-refractivity contribution < 1.29 is 38.8 Å². The molecular formula is C68H72Cl4F2N20O7S3. The first-order chi connectivity index (χ1) is 49.3. The Hall–Kier alpha value is -8.96. The van der Waals surface area contributed by atoms with E-state index in [-0.39, 0.29) is 15.9 Å². The molecule has 7 N–H and O–H groups in total. The number of ether oxygens (including phenoxy) is 1. The molecule has 6 aromatic carbocycles. The van der Waals surface area contributed by atoms with Crippen LogP contribution in [0.5, 0.6) is 11.5 Å². The lowest BCUT2D eigenvalue weighted by atomic mass is 9.73. The first-order valence-corrected chi connectivity index (χ1v) is 39.3. The van der Waals surface area contributed by atoms with Gasteiger partial charge in [-0.1, -0.05) is 46.4 Å². The van der Waals surface area contributed by atoms with Crippen LogP contribution in [0.3, 0.4) is 0 Å². The van der Waals surface area contributed by atoms with Gasteiger partial charge in [0, 0.05) is 190 Å². The van der Waals surface area contributed by atoms with E-state index in [1.54, 1.807) is 47.5 Å². The molecule has 4 aliphatic heterocycles. The van der Waals surface area contributed by atoms with Gasteiger partial charge < -0.3 is 19.4 Å². The highest BCUT2D eigenvalue weighted by Crippen LogP contribution is 2.44. The molecule has 1 spiro atoms. The first-order valence-electron chi connectivity index (χ1n) is 32.6. The van der Waals surface area contributed by atoms with Crippen LogP contribution in [0.2, 0.25) is 20.1 Å². The van der Waals surface area contributed by atoms with Crippen LogP contribution in [0, 0.1) is 5.41 Å². The number of anilines is 3. The lowest BCUT2D eigenvalue weighted by molar-refractivity contribution is 0.0438. The molecule has 3 saturated heterocycles. The quantitative estimate of drug-likeness (QED) is 0.0741. The minimum absolute atomic E-state index is 0.0786. The molecular weight excluding hydrogens is 1480 g/mol. The van der Waals surface area contributed by atoms with Crippen LogP contribution in [0.25, 0.3) is 65.6 Å². The number of alkyl halides is 2. The van der Waals surface area contributed by atoms with Gasteiger partial charge in [-0.15, -0.1) is 0 Å². The predicted octanol–water partition coefficient (Wildman–Crippen LogP) is 12.2. The molecule has 13 aromatic rings. The minimum atomic E-state index is -3.54. The number of benzene rings is 6. The molecule has 0 bridgehead atoms. The van der Waals surface area contributed by atoms with E-state index in [9.17, 15) is 34.0 Å². The Kier molecular flexibility index (Phi) is 20.6. The molecule has 4 aliphatic rings. The third kappa shape index (κ3) is 16.0. The van der Waals surface area contributed by atoms with Gasteiger partial charge in [0.1, 0.15) is 11.5 Å². The number of nitrogens with two attached hydrogens (primary N) is 1. The van der Waals surface area contributed by atoms with Gasteiger partial charge in [0.15, 0.2) is 9.84 Å². The summed E-state index contributed by atoms with van der Waals surface area (Å²) in [5, 5.41) is 55.6. The fourth-order valence-corrected chi connectivity index (χ4v) is 17.6. The number of aromatic amines is 5. The van der Waals surface area contributed by atoms with E-state index in [2.05, 4.69) is 71.0 Å². The fourth-order valence-electron chi connectivity index (χ4n) is 13.8. The lowest BCUT2D eigenvalue weighted by Crippen LogP contribution is -2.63. The predicted molar refractivity (Wildman–Crippen MR) is 402 cm³/mol. The number of piperidine rings is 1. The van der Waals surface area contributed by atoms with Crippen molar-refractivity contribution in [2.45, 2.75) is 56.5 Å². The van der Waals surface area contributed by atoms with Crippen LogP contribution in [-0.2, 0) is 57.1 Å². The Morgan fingerprint density at radius 2 is 1.07 bits per heavy atom. The number of piperazine rings is 1. The Balaban J connectivity index is 0.000000116. The second-order valence-corrected chi connectivity index (χ2v) is 33.9. The number of halogens is 6. The molecule has 7 aromatic heterocycles. The lowest BCUT2D eigenvalue weighted by Gasteiger charge is -2.52. The number of aromatic nitrogens is 14. The van der Waals surface area contributed by atoms with Gasteiger partial charge in [-0.25, -0.2) is 30.8 Å². The maximum Gasteiger partial charge on any atom is 0.276 e. The highest BCUT2D eigenvalue weighted by molar-refractivity contribution is 7.90. The normalized spacial score (nSPS) is 16.2. The van der Waals surface area contributed by atoms with Gasteiger partial charge in [0.2, 0.25) is 10.0 Å². The standard InChI is InChI=1S/C15H20F2N4O2S.C14H18ClN5O2S.C14H14ClN5.C14H11ClN2O3S.C11H9ClN4/c1-15(2)9-20(4-5-21(15)24(3,22)23)13-7-10(14(16)17)6-12-11(13)8-18-19-12;15-10-5-12-11(7-17-18-12)13(6-10)19-3-1-14(2-4-19)8-20(9-14)23(16,21)22;1-19-13-2-3-20(8-9(13)6-17-19)14-5-10(15)4-12-11(14)7-16-18-12;1-21(18,19)11-4-2-10(3-5-11)20-14-7-9(15)6-13-12(14)8-16-17-13;1-16-6-7(4-14-16)9-2-8(12)3-11-10(9)5-13-15-11/h6-8,14H,4-5,9H2,1-3H3,(H,18,19);5-7H,1-4,8-9H2,(H,17,18)(H2,16,21,22);4-7H,2-3,8H2,1H3,(H,16,18);2-8H,1H3,(H,16,17);2-6H,1H3,(H,13,15). The number of hydrogen-bond donors (Lipinski definition) is 6. The molecule has 36 heteroatoms. The van der Waals surface area contributed by atoms with Crippen molar-refractivity contribution in [2.75, 3.05) is 79.6 Å². The highest BCUT2D eigenvalue weighted by Gasteiger charge is 2.48. The first kappa shape index (κ1) is 73.4. The highest BCUT2D eigenvalue weighted by atomic mass is 35.5. The number of rotatable bonds is 10. The van der Waals surface area contributed by atoms with Gasteiger partial charge in [0.25, 0.3) is 16.6 Å². The van der Waals surface area contributed by atoms with Crippen molar-refractivity contribution in [3.05, 3.63) is 171 Å². The molecule has 0 amide bonds. The van der Waals surface area contributed by atoms with Crippen molar-refractivity contribution in [3.63, 3.8) is 0 Å². The smallest absolute Gasteiger partial charge is 0.276 e. The molecule has 11 heterocycles. The summed E-state index contributed by atoms with van der Waals surface area (Å²) in [6.45, 7) is 9.48. The van der Waals surface area contributed by atoms with Gasteiger partial charge in [-0.3, -0.25) is 34.9 Å². The number of hydrogen-bond acceptors (Lipinski definition) is 17. The van der Waals surface area contributed by atoms with Crippen molar-refractivity contribution in [1.29, 1.82) is 0 Å². The van der Waals surface area contributed by atoms with Crippen LogP contribution in [-0.4, -0.2) is 175 Å². The number of nitrogens with zero attached hydrogens (tertiary/aromatic N) is 14.